The third-order valence-corrected chi connectivity index (χ3v) is 10.2. The highest BCUT2D eigenvalue weighted by Gasteiger charge is 2.33. The van der Waals surface area contributed by atoms with Gasteiger partial charge in [0.1, 0.15) is 6.54 Å². The number of halogens is 1. The molecule has 1 saturated heterocycles. The second kappa shape index (κ2) is 10.8. The SMILES string of the molecule is Cc1ccc(N(CC(=O)N2CCN(S(=O)(=O)c3ccc(C)cc3)CC2)S(=O)(=O)c2ccc(Cl)cc2)cc1. The van der Waals surface area contributed by atoms with Crippen molar-refractivity contribution in [3.05, 3.63) is 88.9 Å². The van der Waals surface area contributed by atoms with E-state index in [0.29, 0.717) is 10.7 Å². The average Bonchev–Trinajstić information content (AvgIpc) is 2.88. The first-order valence-corrected chi connectivity index (χ1v) is 14.9. The molecular weight excluding hydrogens is 534 g/mol. The fourth-order valence-electron chi connectivity index (χ4n) is 4.02. The van der Waals surface area contributed by atoms with Crippen LogP contribution in [0.3, 0.4) is 0 Å². The highest BCUT2D eigenvalue weighted by Crippen LogP contribution is 2.26. The molecule has 11 heteroatoms. The lowest BCUT2D eigenvalue weighted by molar-refractivity contribution is -0.130. The van der Waals surface area contributed by atoms with Crippen LogP contribution in [0.25, 0.3) is 0 Å². The molecule has 1 amide bonds. The van der Waals surface area contributed by atoms with Crippen LogP contribution in [-0.4, -0.2) is 64.7 Å². The van der Waals surface area contributed by atoms with Crippen molar-refractivity contribution < 1.29 is 21.6 Å². The number of carbonyl (C=O) groups excluding carboxylic acids is 1. The fraction of sp³-hybridized carbons (Fsp3) is 0.269. The molecule has 0 N–H and O–H groups in total. The van der Waals surface area contributed by atoms with Crippen LogP contribution < -0.4 is 4.31 Å². The van der Waals surface area contributed by atoms with Crippen LogP contribution in [0.4, 0.5) is 5.69 Å². The molecule has 196 valence electrons. The Bertz CT molecular complexity index is 1470. The van der Waals surface area contributed by atoms with E-state index in [1.807, 2.05) is 13.8 Å². The summed E-state index contributed by atoms with van der Waals surface area (Å²) in [6.45, 7) is 3.91. The first kappa shape index (κ1) is 27.1. The number of hydrogen-bond donors (Lipinski definition) is 0. The molecule has 1 aliphatic heterocycles. The van der Waals surface area contributed by atoms with Gasteiger partial charge in [-0.15, -0.1) is 0 Å². The van der Waals surface area contributed by atoms with E-state index >= 15 is 0 Å². The van der Waals surface area contributed by atoms with E-state index in [1.165, 1.54) is 33.5 Å². The van der Waals surface area contributed by atoms with Gasteiger partial charge in [-0.25, -0.2) is 16.8 Å². The highest BCUT2D eigenvalue weighted by atomic mass is 35.5. The van der Waals surface area contributed by atoms with Crippen molar-refractivity contribution in [1.29, 1.82) is 0 Å². The molecule has 0 unspecified atom stereocenters. The Labute approximate surface area is 223 Å². The van der Waals surface area contributed by atoms with E-state index in [0.717, 1.165) is 15.4 Å². The van der Waals surface area contributed by atoms with Crippen molar-refractivity contribution in [2.75, 3.05) is 37.0 Å². The van der Waals surface area contributed by atoms with Gasteiger partial charge in [0.25, 0.3) is 10.0 Å². The van der Waals surface area contributed by atoms with E-state index in [-0.39, 0.29) is 36.0 Å². The largest absolute Gasteiger partial charge is 0.338 e. The van der Waals surface area contributed by atoms with E-state index in [9.17, 15) is 21.6 Å². The molecule has 8 nitrogen and oxygen atoms in total. The first-order valence-electron chi connectivity index (χ1n) is 11.7. The van der Waals surface area contributed by atoms with Gasteiger partial charge in [-0.2, -0.15) is 4.31 Å². The summed E-state index contributed by atoms with van der Waals surface area (Å²) in [6.07, 6.45) is 0. The maximum absolute atomic E-state index is 13.5. The number of hydrogen-bond acceptors (Lipinski definition) is 5. The number of amides is 1. The predicted octanol–water partition coefficient (Wildman–Crippen LogP) is 3.69. The summed E-state index contributed by atoms with van der Waals surface area (Å²) >= 11 is 5.94. The highest BCUT2D eigenvalue weighted by molar-refractivity contribution is 7.92. The zero-order chi connectivity index (χ0) is 26.8. The molecule has 0 saturated carbocycles. The van der Waals surface area contributed by atoms with E-state index < -0.39 is 32.5 Å². The maximum Gasteiger partial charge on any atom is 0.264 e. The smallest absolute Gasteiger partial charge is 0.264 e. The van der Waals surface area contributed by atoms with Gasteiger partial charge >= 0.3 is 0 Å². The van der Waals surface area contributed by atoms with Crippen molar-refractivity contribution in [1.82, 2.24) is 9.21 Å². The van der Waals surface area contributed by atoms with Crippen molar-refractivity contribution >= 4 is 43.2 Å². The fourth-order valence-corrected chi connectivity index (χ4v) is 6.98. The molecular formula is C26H28ClN3O5S2. The minimum atomic E-state index is -4.07. The number of anilines is 1. The second-order valence-electron chi connectivity index (χ2n) is 8.90. The molecule has 3 aromatic rings. The Morgan fingerprint density at radius 2 is 1.24 bits per heavy atom. The number of rotatable bonds is 7. The molecule has 0 spiro atoms. The van der Waals surface area contributed by atoms with Crippen LogP contribution >= 0.6 is 11.6 Å². The molecule has 0 atom stereocenters. The number of nitrogens with zero attached hydrogens (tertiary/aromatic N) is 3. The van der Waals surface area contributed by atoms with Gasteiger partial charge in [0.05, 0.1) is 15.5 Å². The quantitative estimate of drug-likeness (QED) is 0.438. The predicted molar refractivity (Wildman–Crippen MR) is 144 cm³/mol. The van der Waals surface area contributed by atoms with E-state index in [2.05, 4.69) is 0 Å². The summed E-state index contributed by atoms with van der Waals surface area (Å²) in [5.74, 6) is -0.412. The van der Waals surface area contributed by atoms with E-state index in [4.69, 9.17) is 11.6 Å². The monoisotopic (exact) mass is 561 g/mol. The second-order valence-corrected chi connectivity index (χ2v) is 13.1. The van der Waals surface area contributed by atoms with Gasteiger partial charge in [0.2, 0.25) is 15.9 Å². The molecule has 1 fully saturated rings. The molecule has 0 radical (unpaired) electrons. The molecule has 3 aromatic carbocycles. The standard InChI is InChI=1S/C26H28ClN3O5S2/c1-20-3-9-23(10-4-20)30(37(34,35)25-13-7-22(27)8-14-25)19-26(31)28-15-17-29(18-16-28)36(32,33)24-11-5-21(2)6-12-24/h3-14H,15-19H2,1-2H3. The lowest BCUT2D eigenvalue weighted by Gasteiger charge is -2.35. The number of benzene rings is 3. The number of aryl methyl sites for hydroxylation is 2. The van der Waals surface area contributed by atoms with Gasteiger partial charge in [-0.1, -0.05) is 47.0 Å². The van der Waals surface area contributed by atoms with Crippen LogP contribution in [0.2, 0.25) is 5.02 Å². The van der Waals surface area contributed by atoms with Gasteiger partial charge in [0, 0.05) is 31.2 Å². The van der Waals surface area contributed by atoms with E-state index in [1.54, 1.807) is 48.5 Å². The minimum Gasteiger partial charge on any atom is -0.338 e. The molecule has 0 bridgehead atoms. The van der Waals surface area contributed by atoms with Crippen LogP contribution in [-0.2, 0) is 24.8 Å². The van der Waals surface area contributed by atoms with Gasteiger partial charge in [-0.05, 0) is 62.4 Å². The molecule has 1 aliphatic rings. The Kier molecular flexibility index (Phi) is 7.94. The summed E-state index contributed by atoms with van der Waals surface area (Å²) in [5.41, 5.74) is 2.26. The number of piperazine rings is 1. The zero-order valence-corrected chi connectivity index (χ0v) is 22.9. The van der Waals surface area contributed by atoms with Crippen LogP contribution in [0, 0.1) is 13.8 Å². The van der Waals surface area contributed by atoms with Crippen LogP contribution in [0.1, 0.15) is 11.1 Å². The Morgan fingerprint density at radius 3 is 1.78 bits per heavy atom. The molecule has 37 heavy (non-hydrogen) atoms. The van der Waals surface area contributed by atoms with Crippen LogP contribution in [0.15, 0.2) is 82.6 Å². The average molecular weight is 562 g/mol. The summed E-state index contributed by atoms with van der Waals surface area (Å²) in [7, 11) is -7.75. The molecule has 4 rings (SSSR count). The van der Waals surface area contributed by atoms with Gasteiger partial charge in [0.15, 0.2) is 0 Å². The summed E-state index contributed by atoms with van der Waals surface area (Å²) < 4.78 is 55.5. The number of sulfonamides is 2. The van der Waals surface area contributed by atoms with Crippen molar-refractivity contribution in [3.8, 4) is 0 Å². The van der Waals surface area contributed by atoms with Crippen molar-refractivity contribution in [2.45, 2.75) is 23.6 Å². The first-order chi connectivity index (χ1) is 17.5. The van der Waals surface area contributed by atoms with Gasteiger partial charge in [-0.3, -0.25) is 9.10 Å². The topological polar surface area (TPSA) is 95.1 Å². The number of carbonyl (C=O) groups is 1. The summed E-state index contributed by atoms with van der Waals surface area (Å²) in [6, 6.07) is 19.3. The lowest BCUT2D eigenvalue weighted by atomic mass is 10.2. The molecule has 1 heterocycles. The minimum absolute atomic E-state index is 0.0132. The Hall–Kier alpha value is -2.92. The van der Waals surface area contributed by atoms with Crippen LogP contribution in [0.5, 0.6) is 0 Å². The van der Waals surface area contributed by atoms with Crippen molar-refractivity contribution in [2.24, 2.45) is 0 Å². The van der Waals surface area contributed by atoms with Gasteiger partial charge < -0.3 is 4.90 Å². The Balaban J connectivity index is 1.52. The Morgan fingerprint density at radius 1 is 0.757 bits per heavy atom. The zero-order valence-electron chi connectivity index (χ0n) is 20.5. The summed E-state index contributed by atoms with van der Waals surface area (Å²) in [5, 5.41) is 0.398. The lowest BCUT2D eigenvalue weighted by Crippen LogP contribution is -2.53. The van der Waals surface area contributed by atoms with Crippen molar-refractivity contribution in [3.63, 3.8) is 0 Å². The normalized spacial score (nSPS) is 14.9. The third kappa shape index (κ3) is 5.98. The summed E-state index contributed by atoms with van der Waals surface area (Å²) in [4.78, 5) is 15.0. The molecule has 0 aliphatic carbocycles. The molecule has 0 aromatic heterocycles. The maximum atomic E-state index is 13.5. The third-order valence-electron chi connectivity index (χ3n) is 6.25.